The summed E-state index contributed by atoms with van der Waals surface area (Å²) in [7, 11) is 0. The van der Waals surface area contributed by atoms with Gasteiger partial charge in [-0.05, 0) is 42.0 Å². The molecule has 7 heteroatoms. The summed E-state index contributed by atoms with van der Waals surface area (Å²) in [6.45, 7) is 1.35. The number of halogens is 2. The van der Waals surface area contributed by atoms with E-state index in [1.165, 1.54) is 5.56 Å². The number of rotatable bonds is 6. The minimum absolute atomic E-state index is 0. The lowest BCUT2D eigenvalue weighted by atomic mass is 10.00. The van der Waals surface area contributed by atoms with Gasteiger partial charge in [-0.3, -0.25) is 4.79 Å². The van der Waals surface area contributed by atoms with Gasteiger partial charge in [-0.25, -0.2) is 4.98 Å². The fourth-order valence-electron chi connectivity index (χ4n) is 3.93. The Bertz CT molecular complexity index is 926. The highest BCUT2D eigenvalue weighted by atomic mass is 35.5. The Morgan fingerprint density at radius 3 is 2.52 bits per heavy atom. The van der Waals surface area contributed by atoms with Crippen LogP contribution in [0.15, 0.2) is 54.9 Å². The van der Waals surface area contributed by atoms with Crippen molar-refractivity contribution in [2.45, 2.75) is 44.8 Å². The van der Waals surface area contributed by atoms with Gasteiger partial charge in [-0.1, -0.05) is 42.8 Å². The van der Waals surface area contributed by atoms with Gasteiger partial charge in [0.2, 0.25) is 5.91 Å². The van der Waals surface area contributed by atoms with Gasteiger partial charge in [0.05, 0.1) is 17.4 Å². The van der Waals surface area contributed by atoms with Crippen LogP contribution in [0.25, 0.3) is 11.0 Å². The molecule has 4 rings (SSSR count). The van der Waals surface area contributed by atoms with Gasteiger partial charge in [-0.2, -0.15) is 0 Å². The van der Waals surface area contributed by atoms with Crippen molar-refractivity contribution in [2.75, 3.05) is 0 Å². The fraction of sp³-hybridized carbons (Fsp3) is 0.364. The number of fused-ring (bicyclic) bond motifs is 1. The summed E-state index contributed by atoms with van der Waals surface area (Å²) in [5.74, 6) is 0.448. The number of amides is 1. The largest absolute Gasteiger partial charge is 0.352 e. The number of hydrogen-bond donors (Lipinski definition) is 2. The second kappa shape index (κ2) is 10.6. The number of imidazole rings is 1. The molecule has 0 spiro atoms. The lowest BCUT2D eigenvalue weighted by Gasteiger charge is -2.14. The maximum Gasteiger partial charge on any atom is 0.220 e. The third-order valence-corrected chi connectivity index (χ3v) is 5.56. The molecule has 1 saturated carbocycles. The van der Waals surface area contributed by atoms with Crippen LogP contribution in [0.1, 0.15) is 36.8 Å². The zero-order valence-electron chi connectivity index (χ0n) is 16.3. The Morgan fingerprint density at radius 2 is 1.79 bits per heavy atom. The number of hydrogen-bond acceptors (Lipinski definition) is 3. The molecule has 156 valence electrons. The van der Waals surface area contributed by atoms with E-state index in [0.29, 0.717) is 18.9 Å². The maximum absolute atomic E-state index is 12.1. The molecule has 2 aromatic carbocycles. The lowest BCUT2D eigenvalue weighted by Crippen LogP contribution is -2.31. The first-order valence-corrected chi connectivity index (χ1v) is 9.69. The molecule has 1 fully saturated rings. The number of nitrogens with one attached hydrogen (secondary N) is 1. The quantitative estimate of drug-likeness (QED) is 0.613. The molecule has 0 bridgehead atoms. The minimum atomic E-state index is 0. The maximum atomic E-state index is 12.1. The SMILES string of the molecule is Cl.Cl.N[C@@H]1CCC[C@H]1CC(=O)NCc1ccc(Cn2cnc3ccccc32)cc1. The molecular formula is C22H28Cl2N4O. The van der Waals surface area contributed by atoms with Crippen molar-refractivity contribution >= 4 is 41.8 Å². The van der Waals surface area contributed by atoms with E-state index in [9.17, 15) is 4.79 Å². The van der Waals surface area contributed by atoms with Gasteiger partial charge in [0.25, 0.3) is 0 Å². The van der Waals surface area contributed by atoms with Crippen LogP contribution in [-0.4, -0.2) is 21.5 Å². The molecule has 1 heterocycles. The van der Waals surface area contributed by atoms with Crippen LogP contribution in [0.4, 0.5) is 0 Å². The molecule has 0 saturated heterocycles. The molecular weight excluding hydrogens is 407 g/mol. The van der Waals surface area contributed by atoms with E-state index >= 15 is 0 Å². The van der Waals surface area contributed by atoms with Crippen molar-refractivity contribution in [3.8, 4) is 0 Å². The van der Waals surface area contributed by atoms with Crippen molar-refractivity contribution in [3.05, 3.63) is 66.0 Å². The number of aromatic nitrogens is 2. The van der Waals surface area contributed by atoms with Gasteiger partial charge in [0, 0.05) is 25.6 Å². The van der Waals surface area contributed by atoms with E-state index in [4.69, 9.17) is 5.73 Å². The zero-order valence-corrected chi connectivity index (χ0v) is 17.9. The molecule has 1 aromatic heterocycles. The summed E-state index contributed by atoms with van der Waals surface area (Å²) in [5, 5.41) is 3.03. The summed E-state index contributed by atoms with van der Waals surface area (Å²) in [6.07, 6.45) is 5.70. The van der Waals surface area contributed by atoms with Crippen molar-refractivity contribution in [2.24, 2.45) is 11.7 Å². The second-order valence-corrected chi connectivity index (χ2v) is 7.51. The average molecular weight is 435 g/mol. The van der Waals surface area contributed by atoms with Crippen molar-refractivity contribution < 1.29 is 4.79 Å². The second-order valence-electron chi connectivity index (χ2n) is 7.51. The van der Waals surface area contributed by atoms with Crippen molar-refractivity contribution in [1.82, 2.24) is 14.9 Å². The van der Waals surface area contributed by atoms with E-state index in [1.54, 1.807) is 0 Å². The number of nitrogens with two attached hydrogens (primary N) is 1. The van der Waals surface area contributed by atoms with Crippen molar-refractivity contribution in [3.63, 3.8) is 0 Å². The molecule has 1 aliphatic rings. The summed E-state index contributed by atoms with van der Waals surface area (Å²) >= 11 is 0. The molecule has 3 aromatic rings. The Balaban J connectivity index is 0.00000150. The normalized spacial score (nSPS) is 18.1. The molecule has 2 atom stereocenters. The Hall–Kier alpha value is -2.08. The fourth-order valence-corrected chi connectivity index (χ4v) is 3.93. The molecule has 5 nitrogen and oxygen atoms in total. The summed E-state index contributed by atoms with van der Waals surface area (Å²) in [6, 6.07) is 16.7. The van der Waals surface area contributed by atoms with E-state index in [-0.39, 0.29) is 36.8 Å². The summed E-state index contributed by atoms with van der Waals surface area (Å²) in [4.78, 5) is 16.6. The Morgan fingerprint density at radius 1 is 1.07 bits per heavy atom. The first-order chi connectivity index (χ1) is 13.2. The van der Waals surface area contributed by atoms with E-state index in [0.717, 1.165) is 42.4 Å². The Kier molecular flexibility index (Phi) is 8.50. The first kappa shape index (κ1) is 23.2. The first-order valence-electron chi connectivity index (χ1n) is 9.69. The summed E-state index contributed by atoms with van der Waals surface area (Å²) in [5.41, 5.74) is 10.5. The monoisotopic (exact) mass is 434 g/mol. The number of carbonyl (C=O) groups is 1. The van der Waals surface area contributed by atoms with Gasteiger partial charge in [0.15, 0.2) is 0 Å². The highest BCUT2D eigenvalue weighted by molar-refractivity contribution is 5.85. The number of benzene rings is 2. The molecule has 1 aliphatic carbocycles. The highest BCUT2D eigenvalue weighted by Crippen LogP contribution is 2.26. The van der Waals surface area contributed by atoms with Crippen LogP contribution < -0.4 is 11.1 Å². The van der Waals surface area contributed by atoms with Crippen LogP contribution in [0.3, 0.4) is 0 Å². The minimum Gasteiger partial charge on any atom is -0.352 e. The van der Waals surface area contributed by atoms with Crippen LogP contribution in [-0.2, 0) is 17.9 Å². The molecule has 29 heavy (non-hydrogen) atoms. The molecule has 0 unspecified atom stereocenters. The molecule has 1 amide bonds. The van der Waals surface area contributed by atoms with Gasteiger partial charge in [-0.15, -0.1) is 24.8 Å². The third-order valence-electron chi connectivity index (χ3n) is 5.56. The van der Waals surface area contributed by atoms with Crippen LogP contribution in [0.5, 0.6) is 0 Å². The third kappa shape index (κ3) is 5.72. The van der Waals surface area contributed by atoms with E-state index in [2.05, 4.69) is 45.2 Å². The standard InChI is InChI=1S/C22H26N4O.2ClH/c23-19-5-3-4-18(19)12-22(27)24-13-16-8-10-17(11-9-16)14-26-15-25-20-6-1-2-7-21(20)26;;/h1-2,6-11,15,18-19H,3-5,12-14,23H2,(H,24,27);2*1H/t18-,19+;;/m0../s1. The van der Waals surface area contributed by atoms with Gasteiger partial charge < -0.3 is 15.6 Å². The summed E-state index contributed by atoms with van der Waals surface area (Å²) < 4.78 is 2.15. The van der Waals surface area contributed by atoms with E-state index < -0.39 is 0 Å². The Labute approximate surface area is 183 Å². The number of para-hydroxylation sites is 2. The number of nitrogens with zero attached hydrogens (tertiary/aromatic N) is 2. The zero-order chi connectivity index (χ0) is 18.6. The van der Waals surface area contributed by atoms with Gasteiger partial charge >= 0.3 is 0 Å². The van der Waals surface area contributed by atoms with E-state index in [1.807, 2.05) is 24.5 Å². The number of carbonyl (C=O) groups excluding carboxylic acids is 1. The molecule has 3 N–H and O–H groups in total. The predicted octanol–water partition coefficient (Wildman–Crippen LogP) is 4.06. The average Bonchev–Trinajstić information content (AvgIpc) is 3.28. The molecule has 0 aliphatic heterocycles. The van der Waals surface area contributed by atoms with Crippen LogP contribution in [0.2, 0.25) is 0 Å². The van der Waals surface area contributed by atoms with Crippen molar-refractivity contribution in [1.29, 1.82) is 0 Å². The predicted molar refractivity (Wildman–Crippen MR) is 122 cm³/mol. The topological polar surface area (TPSA) is 72.9 Å². The molecule has 0 radical (unpaired) electrons. The highest BCUT2D eigenvalue weighted by Gasteiger charge is 2.25. The van der Waals surface area contributed by atoms with Crippen LogP contribution in [0, 0.1) is 5.92 Å². The smallest absolute Gasteiger partial charge is 0.220 e. The van der Waals surface area contributed by atoms with Crippen LogP contribution >= 0.6 is 24.8 Å². The van der Waals surface area contributed by atoms with Gasteiger partial charge in [0.1, 0.15) is 0 Å². The lowest BCUT2D eigenvalue weighted by molar-refractivity contribution is -0.122.